The number of urea groups is 1. The number of nitrogens with zero attached hydrogens (tertiary/aromatic N) is 1. The van der Waals surface area contributed by atoms with Crippen LogP contribution in [0, 0.1) is 0 Å². The second-order valence-electron chi connectivity index (χ2n) is 8.04. The van der Waals surface area contributed by atoms with E-state index in [0.717, 1.165) is 43.0 Å². The Morgan fingerprint density at radius 3 is 2.37 bits per heavy atom. The van der Waals surface area contributed by atoms with Gasteiger partial charge in [-0.25, -0.2) is 4.79 Å². The molecular weight excluding hydrogens is 378 g/mol. The standard InChI is InChI=1S/C24H33N3O3/c1-17(2)30-23-7-5-6-19(16-23)18(3)25-24(28)26-20-12-14-27(15-13-20)21-8-10-22(29-4)11-9-21/h5-11,16-18,20H,12-15H2,1-4H3,(H2,25,26,28). The van der Waals surface area contributed by atoms with Gasteiger partial charge >= 0.3 is 6.03 Å². The highest BCUT2D eigenvalue weighted by atomic mass is 16.5. The van der Waals surface area contributed by atoms with E-state index < -0.39 is 0 Å². The van der Waals surface area contributed by atoms with E-state index in [1.807, 2.05) is 57.2 Å². The van der Waals surface area contributed by atoms with E-state index in [2.05, 4.69) is 27.7 Å². The lowest BCUT2D eigenvalue weighted by Crippen LogP contribution is -2.48. The van der Waals surface area contributed by atoms with Gasteiger partial charge in [0, 0.05) is 24.8 Å². The molecule has 1 aliphatic heterocycles. The molecule has 6 heteroatoms. The average molecular weight is 412 g/mol. The van der Waals surface area contributed by atoms with Crippen LogP contribution in [-0.4, -0.2) is 38.4 Å². The van der Waals surface area contributed by atoms with Gasteiger partial charge in [0.1, 0.15) is 11.5 Å². The summed E-state index contributed by atoms with van der Waals surface area (Å²) < 4.78 is 11.0. The van der Waals surface area contributed by atoms with Crippen molar-refractivity contribution in [3.63, 3.8) is 0 Å². The summed E-state index contributed by atoms with van der Waals surface area (Å²) in [7, 11) is 1.67. The maximum Gasteiger partial charge on any atom is 0.315 e. The van der Waals surface area contributed by atoms with Gasteiger partial charge in [-0.05, 0) is 75.6 Å². The Hall–Kier alpha value is -2.89. The number of methoxy groups -OCH3 is 1. The molecule has 0 bridgehead atoms. The summed E-state index contributed by atoms with van der Waals surface area (Å²) in [5.41, 5.74) is 2.22. The zero-order chi connectivity index (χ0) is 21.5. The first-order chi connectivity index (χ1) is 14.4. The molecule has 1 unspecified atom stereocenters. The fourth-order valence-electron chi connectivity index (χ4n) is 3.71. The van der Waals surface area contributed by atoms with E-state index in [0.29, 0.717) is 0 Å². The highest BCUT2D eigenvalue weighted by Gasteiger charge is 2.21. The normalized spacial score (nSPS) is 15.6. The van der Waals surface area contributed by atoms with Crippen LogP contribution in [0.2, 0.25) is 0 Å². The van der Waals surface area contributed by atoms with Crippen molar-refractivity contribution in [3.05, 3.63) is 54.1 Å². The number of nitrogens with one attached hydrogen (secondary N) is 2. The van der Waals surface area contributed by atoms with Crippen LogP contribution in [0.5, 0.6) is 11.5 Å². The predicted molar refractivity (Wildman–Crippen MR) is 121 cm³/mol. The van der Waals surface area contributed by atoms with Crippen LogP contribution in [0.4, 0.5) is 10.5 Å². The van der Waals surface area contributed by atoms with Gasteiger partial charge in [-0.15, -0.1) is 0 Å². The summed E-state index contributed by atoms with van der Waals surface area (Å²) in [6.07, 6.45) is 1.97. The van der Waals surface area contributed by atoms with E-state index in [-0.39, 0.29) is 24.2 Å². The molecule has 162 valence electrons. The quantitative estimate of drug-likeness (QED) is 0.704. The molecule has 2 amide bonds. The highest BCUT2D eigenvalue weighted by molar-refractivity contribution is 5.74. The molecule has 1 saturated heterocycles. The molecule has 2 aromatic rings. The van der Waals surface area contributed by atoms with E-state index in [4.69, 9.17) is 9.47 Å². The maximum absolute atomic E-state index is 12.5. The van der Waals surface area contributed by atoms with Crippen LogP contribution < -0.4 is 25.0 Å². The van der Waals surface area contributed by atoms with Crippen molar-refractivity contribution in [3.8, 4) is 11.5 Å². The minimum Gasteiger partial charge on any atom is -0.497 e. The summed E-state index contributed by atoms with van der Waals surface area (Å²) in [6.45, 7) is 7.83. The lowest BCUT2D eigenvalue weighted by atomic mass is 10.0. The van der Waals surface area contributed by atoms with E-state index in [1.165, 1.54) is 5.69 Å². The minimum absolute atomic E-state index is 0.0971. The molecule has 0 aromatic heterocycles. The number of benzene rings is 2. The first kappa shape index (κ1) is 21.8. The third-order valence-electron chi connectivity index (χ3n) is 5.35. The molecule has 0 aliphatic carbocycles. The third kappa shape index (κ3) is 6.05. The summed E-state index contributed by atoms with van der Waals surface area (Å²) in [5, 5.41) is 6.18. The monoisotopic (exact) mass is 411 g/mol. The number of ether oxygens (including phenoxy) is 2. The van der Waals surface area contributed by atoms with Crippen LogP contribution in [-0.2, 0) is 0 Å². The van der Waals surface area contributed by atoms with E-state index in [1.54, 1.807) is 7.11 Å². The largest absolute Gasteiger partial charge is 0.497 e. The number of carbonyl (C=O) groups excluding carboxylic acids is 1. The van der Waals surface area contributed by atoms with Crippen molar-refractivity contribution in [2.24, 2.45) is 0 Å². The summed E-state index contributed by atoms with van der Waals surface area (Å²) >= 11 is 0. The van der Waals surface area contributed by atoms with Crippen molar-refractivity contribution in [2.45, 2.75) is 51.8 Å². The first-order valence-electron chi connectivity index (χ1n) is 10.7. The Bertz CT molecular complexity index is 815. The van der Waals surface area contributed by atoms with Gasteiger partial charge in [-0.2, -0.15) is 0 Å². The minimum atomic E-state index is -0.124. The van der Waals surface area contributed by atoms with Crippen LogP contribution in [0.1, 0.15) is 45.2 Å². The number of anilines is 1. The number of carbonyl (C=O) groups is 1. The van der Waals surface area contributed by atoms with Crippen molar-refractivity contribution in [1.29, 1.82) is 0 Å². The molecule has 1 fully saturated rings. The lowest BCUT2D eigenvalue weighted by Gasteiger charge is -2.34. The van der Waals surface area contributed by atoms with Crippen LogP contribution in [0.25, 0.3) is 0 Å². The first-order valence-corrected chi connectivity index (χ1v) is 10.7. The summed E-state index contributed by atoms with van der Waals surface area (Å²) in [4.78, 5) is 14.8. The number of rotatable bonds is 7. The molecule has 30 heavy (non-hydrogen) atoms. The third-order valence-corrected chi connectivity index (χ3v) is 5.35. The van der Waals surface area contributed by atoms with Gasteiger partial charge < -0.3 is 25.0 Å². The highest BCUT2D eigenvalue weighted by Crippen LogP contribution is 2.23. The number of hydrogen-bond donors (Lipinski definition) is 2. The van der Waals surface area contributed by atoms with Gasteiger partial charge in [0.2, 0.25) is 0 Å². The zero-order valence-electron chi connectivity index (χ0n) is 18.4. The van der Waals surface area contributed by atoms with Gasteiger partial charge in [0.05, 0.1) is 19.3 Å². The molecule has 0 radical (unpaired) electrons. The zero-order valence-corrected chi connectivity index (χ0v) is 18.4. The SMILES string of the molecule is COc1ccc(N2CCC(NC(=O)NC(C)c3cccc(OC(C)C)c3)CC2)cc1. The average Bonchev–Trinajstić information content (AvgIpc) is 2.74. The van der Waals surface area contributed by atoms with Crippen molar-refractivity contribution in [1.82, 2.24) is 10.6 Å². The van der Waals surface area contributed by atoms with Gasteiger partial charge in [0.15, 0.2) is 0 Å². The molecule has 1 aliphatic rings. The molecule has 2 N–H and O–H groups in total. The Labute approximate surface area is 179 Å². The molecule has 0 spiro atoms. The summed E-state index contributed by atoms with van der Waals surface area (Å²) in [6, 6.07) is 16.0. The molecule has 2 aromatic carbocycles. The number of piperidine rings is 1. The molecule has 0 saturated carbocycles. The van der Waals surface area contributed by atoms with Gasteiger partial charge in [-0.3, -0.25) is 0 Å². The Morgan fingerprint density at radius 1 is 1.03 bits per heavy atom. The Kier molecular flexibility index (Phi) is 7.44. The fourth-order valence-corrected chi connectivity index (χ4v) is 3.71. The van der Waals surface area contributed by atoms with Crippen LogP contribution >= 0.6 is 0 Å². The second-order valence-corrected chi connectivity index (χ2v) is 8.04. The lowest BCUT2D eigenvalue weighted by molar-refractivity contribution is 0.231. The van der Waals surface area contributed by atoms with Crippen LogP contribution in [0.3, 0.4) is 0 Å². The molecule has 3 rings (SSSR count). The molecular formula is C24H33N3O3. The summed E-state index contributed by atoms with van der Waals surface area (Å²) in [5.74, 6) is 1.69. The van der Waals surface area contributed by atoms with Crippen molar-refractivity contribution < 1.29 is 14.3 Å². The second kappa shape index (κ2) is 10.2. The molecule has 6 nitrogen and oxygen atoms in total. The van der Waals surface area contributed by atoms with Crippen molar-refractivity contribution >= 4 is 11.7 Å². The maximum atomic E-state index is 12.5. The van der Waals surface area contributed by atoms with Crippen molar-refractivity contribution in [2.75, 3.05) is 25.1 Å². The smallest absolute Gasteiger partial charge is 0.315 e. The Balaban J connectivity index is 1.46. The van der Waals surface area contributed by atoms with E-state index >= 15 is 0 Å². The van der Waals surface area contributed by atoms with Gasteiger partial charge in [-0.1, -0.05) is 12.1 Å². The predicted octanol–water partition coefficient (Wildman–Crippen LogP) is 4.51. The molecule has 1 heterocycles. The topological polar surface area (TPSA) is 62.8 Å². The van der Waals surface area contributed by atoms with Gasteiger partial charge in [0.25, 0.3) is 0 Å². The van der Waals surface area contributed by atoms with Crippen LogP contribution in [0.15, 0.2) is 48.5 Å². The van der Waals surface area contributed by atoms with E-state index in [9.17, 15) is 4.79 Å². The number of amides is 2. The fraction of sp³-hybridized carbons (Fsp3) is 0.458. The molecule has 1 atom stereocenters. The Morgan fingerprint density at radius 2 is 1.73 bits per heavy atom. The number of hydrogen-bond acceptors (Lipinski definition) is 4.